The Bertz CT molecular complexity index is 1770. The molecule has 1 saturated carbocycles. The molecule has 0 bridgehead atoms. The number of aromatic nitrogens is 2. The van der Waals surface area contributed by atoms with E-state index in [1.807, 2.05) is 6.92 Å². The number of ether oxygens (including phenoxy) is 1. The van der Waals surface area contributed by atoms with E-state index >= 15 is 0 Å². The summed E-state index contributed by atoms with van der Waals surface area (Å²) in [6.07, 6.45) is -1.30. The number of para-hydroxylation sites is 1. The maximum Gasteiger partial charge on any atom is 0.419 e. The lowest BCUT2D eigenvalue weighted by molar-refractivity contribution is -0.140. The van der Waals surface area contributed by atoms with Gasteiger partial charge in [0.05, 0.1) is 41.2 Å². The van der Waals surface area contributed by atoms with Gasteiger partial charge in [0.15, 0.2) is 0 Å². The topological polar surface area (TPSA) is 67.7 Å². The minimum Gasteiger partial charge on any atom is -0.494 e. The van der Waals surface area contributed by atoms with Gasteiger partial charge in [-0.25, -0.2) is 9.37 Å². The number of halogens is 4. The third kappa shape index (κ3) is 7.51. The number of fused-ring (bicyclic) bond motifs is 1. The lowest BCUT2D eigenvalue weighted by Gasteiger charge is -2.40. The van der Waals surface area contributed by atoms with E-state index in [1.165, 1.54) is 17.1 Å². The molecule has 0 radical (unpaired) electrons. The Labute approximate surface area is 271 Å². The van der Waals surface area contributed by atoms with Crippen molar-refractivity contribution in [3.63, 3.8) is 0 Å². The number of amides is 1. The van der Waals surface area contributed by atoms with E-state index in [-0.39, 0.29) is 30.1 Å². The quantitative estimate of drug-likeness (QED) is 0.150. The highest BCUT2D eigenvalue weighted by atomic mass is 19.4. The number of carbonyl (C=O) groups is 1. The summed E-state index contributed by atoms with van der Waals surface area (Å²) in [5.41, 5.74) is -0.715. The maximum absolute atomic E-state index is 14.1. The maximum atomic E-state index is 14.1. The van der Waals surface area contributed by atoms with Crippen molar-refractivity contribution in [3.05, 3.63) is 99.9 Å². The Morgan fingerprint density at radius 2 is 1.77 bits per heavy atom. The van der Waals surface area contributed by atoms with Crippen LogP contribution in [-0.2, 0) is 17.4 Å². The molecule has 1 heterocycles. The van der Waals surface area contributed by atoms with Crippen molar-refractivity contribution in [3.8, 4) is 11.4 Å². The van der Waals surface area contributed by atoms with Crippen molar-refractivity contribution in [1.29, 1.82) is 0 Å². The van der Waals surface area contributed by atoms with Crippen molar-refractivity contribution in [1.82, 2.24) is 19.4 Å². The van der Waals surface area contributed by atoms with Gasteiger partial charge in [0.2, 0.25) is 5.91 Å². The van der Waals surface area contributed by atoms with E-state index in [2.05, 4.69) is 18.9 Å². The van der Waals surface area contributed by atoms with E-state index in [4.69, 9.17) is 9.72 Å². The van der Waals surface area contributed by atoms with Crippen molar-refractivity contribution >= 4 is 16.8 Å². The van der Waals surface area contributed by atoms with Gasteiger partial charge in [-0.1, -0.05) is 24.6 Å². The van der Waals surface area contributed by atoms with E-state index in [0.29, 0.717) is 53.3 Å². The Kier molecular flexibility index (Phi) is 10.3. The molecular weight excluding hydrogens is 612 g/mol. The zero-order valence-corrected chi connectivity index (χ0v) is 27.1. The van der Waals surface area contributed by atoms with Gasteiger partial charge >= 0.3 is 6.18 Å². The molecule has 4 aromatic rings. The van der Waals surface area contributed by atoms with E-state index in [1.54, 1.807) is 60.4 Å². The highest BCUT2D eigenvalue weighted by Gasteiger charge is 2.35. The second-order valence-electron chi connectivity index (χ2n) is 12.2. The molecule has 1 aromatic heterocycles. The molecule has 1 aliphatic carbocycles. The van der Waals surface area contributed by atoms with Crippen LogP contribution in [-0.4, -0.2) is 57.5 Å². The summed E-state index contributed by atoms with van der Waals surface area (Å²) in [5.74, 6) is -0.921. The first kappa shape index (κ1) is 34.1. The summed E-state index contributed by atoms with van der Waals surface area (Å²) in [6, 6.07) is 16.4. The molecule has 2 atom stereocenters. The van der Waals surface area contributed by atoms with E-state index < -0.39 is 29.5 Å². The van der Waals surface area contributed by atoms with Crippen molar-refractivity contribution in [2.75, 3.05) is 20.2 Å². The van der Waals surface area contributed by atoms with Crippen molar-refractivity contribution < 1.29 is 27.1 Å². The summed E-state index contributed by atoms with van der Waals surface area (Å²) in [7, 11) is 2.07. The highest BCUT2D eigenvalue weighted by molar-refractivity contribution is 5.80. The molecule has 2 unspecified atom stereocenters. The second kappa shape index (κ2) is 14.3. The van der Waals surface area contributed by atoms with Crippen LogP contribution < -0.4 is 10.3 Å². The fraction of sp³-hybridized carbons (Fsp3) is 0.417. The van der Waals surface area contributed by atoms with Crippen LogP contribution in [0.1, 0.15) is 69.4 Å². The van der Waals surface area contributed by atoms with E-state index in [0.717, 1.165) is 18.9 Å². The van der Waals surface area contributed by atoms with Gasteiger partial charge in [-0.05, 0) is 101 Å². The van der Waals surface area contributed by atoms with Crippen LogP contribution >= 0.6 is 0 Å². The van der Waals surface area contributed by atoms with Gasteiger partial charge < -0.3 is 14.5 Å². The Balaban J connectivity index is 1.56. The summed E-state index contributed by atoms with van der Waals surface area (Å²) in [6.45, 7) is 6.47. The lowest BCUT2D eigenvalue weighted by atomic mass is 9.90. The number of hydrogen-bond donors (Lipinski definition) is 0. The number of carbonyl (C=O) groups excluding carboxylic acids is 1. The largest absolute Gasteiger partial charge is 0.494 e. The highest BCUT2D eigenvalue weighted by Crippen LogP contribution is 2.33. The second-order valence-corrected chi connectivity index (χ2v) is 12.2. The average Bonchev–Trinajstić information content (AvgIpc) is 3.01. The molecule has 11 heteroatoms. The molecule has 1 fully saturated rings. The molecule has 1 amide bonds. The number of hydrogen-bond acceptors (Lipinski definition) is 5. The molecule has 5 rings (SSSR count). The van der Waals surface area contributed by atoms with Crippen LogP contribution in [0, 0.1) is 5.82 Å². The lowest BCUT2D eigenvalue weighted by Crippen LogP contribution is -2.45. The third-order valence-corrected chi connectivity index (χ3v) is 9.19. The van der Waals surface area contributed by atoms with Gasteiger partial charge in [-0.3, -0.25) is 14.2 Å². The smallest absolute Gasteiger partial charge is 0.419 e. The SMILES string of the molecule is CCOc1ccc(-n2c(C(C)N(CCC(C)N(C)C3CCC3)C(=O)Cc3ccc(F)c(C(F)(F)F)c3)nc3ccccc3c2=O)cc1. The summed E-state index contributed by atoms with van der Waals surface area (Å²) < 4.78 is 61.7. The normalized spacial score (nSPS) is 15.0. The minimum absolute atomic E-state index is 0.0379. The summed E-state index contributed by atoms with van der Waals surface area (Å²) in [5, 5.41) is 0.400. The van der Waals surface area contributed by atoms with E-state index in [9.17, 15) is 27.2 Å². The van der Waals surface area contributed by atoms with Crippen LogP contribution in [0.4, 0.5) is 17.6 Å². The van der Waals surface area contributed by atoms with Crippen LogP contribution in [0.2, 0.25) is 0 Å². The zero-order valence-electron chi connectivity index (χ0n) is 27.1. The number of rotatable bonds is 12. The standard InChI is InChI=1S/C36H40F4N4O3/c1-5-47-28-16-14-27(15-17-28)44-34(41-32-12-7-6-11-29(32)35(44)46)24(3)43(20-19-23(2)42(4)26-9-8-10-26)33(45)22-25-13-18-31(37)30(21-25)36(38,39)40/h6-7,11-18,21,23-24,26H,5,8-10,19-20,22H2,1-4H3. The Morgan fingerprint density at radius 1 is 1.06 bits per heavy atom. The minimum atomic E-state index is -4.90. The van der Waals surface area contributed by atoms with Gasteiger partial charge in [-0.15, -0.1) is 0 Å². The first-order chi connectivity index (χ1) is 22.4. The van der Waals surface area contributed by atoms with Crippen LogP contribution in [0.5, 0.6) is 5.75 Å². The molecule has 0 saturated heterocycles. The Hall–Kier alpha value is -4.25. The fourth-order valence-electron chi connectivity index (χ4n) is 6.07. The first-order valence-electron chi connectivity index (χ1n) is 16.0. The molecule has 0 N–H and O–H groups in total. The molecule has 47 heavy (non-hydrogen) atoms. The van der Waals surface area contributed by atoms with Gasteiger partial charge in [0, 0.05) is 18.6 Å². The van der Waals surface area contributed by atoms with Crippen molar-refractivity contribution in [2.45, 2.75) is 77.2 Å². The molecule has 3 aromatic carbocycles. The summed E-state index contributed by atoms with van der Waals surface area (Å²) in [4.78, 5) is 36.9. The monoisotopic (exact) mass is 652 g/mol. The molecule has 7 nitrogen and oxygen atoms in total. The number of nitrogens with zero attached hydrogens (tertiary/aromatic N) is 4. The predicted molar refractivity (Wildman–Crippen MR) is 173 cm³/mol. The zero-order chi connectivity index (χ0) is 33.9. The Morgan fingerprint density at radius 3 is 2.40 bits per heavy atom. The van der Waals surface area contributed by atoms with Crippen LogP contribution in [0.15, 0.2) is 71.5 Å². The van der Waals surface area contributed by atoms with Gasteiger partial charge in [0.25, 0.3) is 5.56 Å². The van der Waals surface area contributed by atoms with Crippen LogP contribution in [0.25, 0.3) is 16.6 Å². The summed E-state index contributed by atoms with van der Waals surface area (Å²) >= 11 is 0. The predicted octanol–water partition coefficient (Wildman–Crippen LogP) is 7.34. The van der Waals surface area contributed by atoms with Crippen molar-refractivity contribution in [2.24, 2.45) is 0 Å². The molecule has 0 aliphatic heterocycles. The molecule has 0 spiro atoms. The molecule has 250 valence electrons. The van der Waals surface area contributed by atoms with Crippen LogP contribution in [0.3, 0.4) is 0 Å². The van der Waals surface area contributed by atoms with Gasteiger partial charge in [-0.2, -0.15) is 13.2 Å². The van der Waals surface area contributed by atoms with Gasteiger partial charge in [0.1, 0.15) is 17.4 Å². The third-order valence-electron chi connectivity index (χ3n) is 9.19. The number of alkyl halides is 3. The molecule has 1 aliphatic rings. The first-order valence-corrected chi connectivity index (χ1v) is 16.0. The number of benzene rings is 3. The fourth-order valence-corrected chi connectivity index (χ4v) is 6.07. The average molecular weight is 653 g/mol. The molecular formula is C36H40F4N4O3.